The Bertz CT molecular complexity index is 1050. The highest BCUT2D eigenvalue weighted by Gasteiger charge is 2.24. The molecule has 0 unspecified atom stereocenters. The molecule has 0 radical (unpaired) electrons. The van der Waals surface area contributed by atoms with Crippen molar-refractivity contribution in [3.8, 4) is 17.2 Å². The lowest BCUT2D eigenvalue weighted by Crippen LogP contribution is -2.14. The maximum atomic E-state index is 12.4. The number of benzene rings is 3. The maximum absolute atomic E-state index is 12.4. The maximum Gasteiger partial charge on any atom is 0.285 e. The Kier molecular flexibility index (Phi) is 5.67. The molecule has 0 aliphatic heterocycles. The molecule has 0 aliphatic rings. The quantitative estimate of drug-likeness (QED) is 0.411. The molecule has 28 heavy (non-hydrogen) atoms. The van der Waals surface area contributed by atoms with Crippen molar-refractivity contribution in [1.29, 1.82) is 0 Å². The molecule has 0 atom stereocenters. The first-order valence-electron chi connectivity index (χ1n) is 7.86. The van der Waals surface area contributed by atoms with Crippen LogP contribution in [0.25, 0.3) is 0 Å². The van der Waals surface area contributed by atoms with Crippen LogP contribution in [-0.4, -0.2) is 15.9 Å². The summed E-state index contributed by atoms with van der Waals surface area (Å²) in [5.41, 5.74) is -0.674. The Labute approximate surface area is 169 Å². The number of ether oxygens (including phenoxy) is 1. The van der Waals surface area contributed by atoms with Crippen molar-refractivity contribution in [2.45, 2.75) is 0 Å². The summed E-state index contributed by atoms with van der Waals surface area (Å²) in [7, 11) is 0. The molecule has 0 heterocycles. The van der Waals surface area contributed by atoms with Crippen LogP contribution in [0, 0.1) is 10.1 Å². The summed E-state index contributed by atoms with van der Waals surface area (Å²) in [5, 5.41) is 24.2. The number of nitro groups is 1. The third-order valence-electron chi connectivity index (χ3n) is 3.68. The normalized spacial score (nSPS) is 10.4. The Balaban J connectivity index is 1.81. The number of anilines is 1. The highest BCUT2D eigenvalue weighted by Crippen LogP contribution is 2.33. The number of nitro benzene ring substituents is 1. The summed E-state index contributed by atoms with van der Waals surface area (Å²) in [6, 6.07) is 14.8. The van der Waals surface area contributed by atoms with Gasteiger partial charge in [0, 0.05) is 16.8 Å². The number of phenolic OH excluding ortho intramolecular Hbond substituents is 1. The molecule has 0 saturated carbocycles. The van der Waals surface area contributed by atoms with Crippen LogP contribution in [0.2, 0.25) is 10.0 Å². The number of nitrogens with zero attached hydrogens (tertiary/aromatic N) is 1. The van der Waals surface area contributed by atoms with E-state index < -0.39 is 27.8 Å². The molecule has 0 fully saturated rings. The van der Waals surface area contributed by atoms with Crippen LogP contribution in [0.1, 0.15) is 10.4 Å². The number of hydrogen-bond donors (Lipinski definition) is 2. The van der Waals surface area contributed by atoms with E-state index in [1.54, 1.807) is 24.3 Å². The van der Waals surface area contributed by atoms with Crippen LogP contribution in [0.3, 0.4) is 0 Å². The Morgan fingerprint density at radius 2 is 1.79 bits per heavy atom. The number of aromatic hydroxyl groups is 1. The Hall–Kier alpha value is -3.29. The fourth-order valence-corrected chi connectivity index (χ4v) is 2.74. The average Bonchev–Trinajstić information content (AvgIpc) is 2.65. The highest BCUT2D eigenvalue weighted by atomic mass is 35.5. The van der Waals surface area contributed by atoms with E-state index in [1.807, 2.05) is 0 Å². The van der Waals surface area contributed by atoms with Crippen molar-refractivity contribution >= 4 is 40.5 Å². The van der Waals surface area contributed by atoms with Crippen LogP contribution >= 0.6 is 23.2 Å². The predicted octanol–water partition coefficient (Wildman–Crippen LogP) is 5.65. The largest absolute Gasteiger partial charge is 0.507 e. The van der Waals surface area contributed by atoms with Crippen molar-refractivity contribution in [3.05, 3.63) is 86.4 Å². The van der Waals surface area contributed by atoms with Gasteiger partial charge in [0.1, 0.15) is 17.2 Å². The summed E-state index contributed by atoms with van der Waals surface area (Å²) in [4.78, 5) is 22.8. The summed E-state index contributed by atoms with van der Waals surface area (Å²) < 4.78 is 5.65. The second kappa shape index (κ2) is 8.16. The molecule has 0 aliphatic carbocycles. The van der Waals surface area contributed by atoms with E-state index in [-0.39, 0.29) is 10.7 Å². The second-order valence-electron chi connectivity index (χ2n) is 5.58. The summed E-state index contributed by atoms with van der Waals surface area (Å²) in [6.07, 6.45) is 0. The van der Waals surface area contributed by atoms with Gasteiger partial charge in [-0.2, -0.15) is 0 Å². The number of hydrogen-bond acceptors (Lipinski definition) is 5. The zero-order valence-electron chi connectivity index (χ0n) is 14.1. The highest BCUT2D eigenvalue weighted by molar-refractivity contribution is 6.32. The first kappa shape index (κ1) is 19.5. The van der Waals surface area contributed by atoms with Crippen molar-refractivity contribution in [1.82, 2.24) is 0 Å². The first-order valence-corrected chi connectivity index (χ1v) is 8.61. The number of nitrogens with one attached hydrogen (secondary N) is 1. The van der Waals surface area contributed by atoms with Crippen molar-refractivity contribution < 1.29 is 19.6 Å². The molecule has 0 spiro atoms. The minimum atomic E-state index is -0.841. The van der Waals surface area contributed by atoms with Crippen molar-refractivity contribution in [2.75, 3.05) is 5.32 Å². The SMILES string of the molecule is O=C(Nc1ccc(Oc2ccc(Cl)cc2)c(Cl)c1)c1c(O)cccc1[N+](=O)[O-]. The van der Waals surface area contributed by atoms with Crippen LogP contribution in [-0.2, 0) is 0 Å². The molecule has 0 aromatic heterocycles. The fraction of sp³-hybridized carbons (Fsp3) is 0. The number of carbonyl (C=O) groups excluding carboxylic acids is 1. The third kappa shape index (κ3) is 4.33. The number of carbonyl (C=O) groups is 1. The molecule has 142 valence electrons. The number of halogens is 2. The monoisotopic (exact) mass is 418 g/mol. The van der Waals surface area contributed by atoms with Crippen molar-refractivity contribution in [3.63, 3.8) is 0 Å². The first-order chi connectivity index (χ1) is 13.3. The van der Waals surface area contributed by atoms with E-state index >= 15 is 0 Å². The Morgan fingerprint density at radius 1 is 1.07 bits per heavy atom. The average molecular weight is 419 g/mol. The van der Waals surface area contributed by atoms with E-state index in [1.165, 1.54) is 30.3 Å². The van der Waals surface area contributed by atoms with E-state index in [2.05, 4.69) is 5.32 Å². The van der Waals surface area contributed by atoms with Gasteiger partial charge in [0.2, 0.25) is 0 Å². The second-order valence-corrected chi connectivity index (χ2v) is 6.43. The lowest BCUT2D eigenvalue weighted by atomic mass is 10.1. The molecule has 3 rings (SSSR count). The molecular weight excluding hydrogens is 407 g/mol. The lowest BCUT2D eigenvalue weighted by molar-refractivity contribution is -0.385. The van der Waals surface area contributed by atoms with Crippen LogP contribution in [0.4, 0.5) is 11.4 Å². The van der Waals surface area contributed by atoms with Gasteiger partial charge in [0.15, 0.2) is 5.56 Å². The zero-order valence-corrected chi connectivity index (χ0v) is 15.6. The number of rotatable bonds is 5. The van der Waals surface area contributed by atoms with Crippen LogP contribution < -0.4 is 10.1 Å². The van der Waals surface area contributed by atoms with E-state index in [4.69, 9.17) is 27.9 Å². The van der Waals surface area contributed by atoms with Crippen molar-refractivity contribution in [2.24, 2.45) is 0 Å². The van der Waals surface area contributed by atoms with Gasteiger partial charge in [0.05, 0.1) is 9.95 Å². The fourth-order valence-electron chi connectivity index (χ4n) is 2.40. The molecule has 2 N–H and O–H groups in total. The van der Waals surface area contributed by atoms with Gasteiger partial charge < -0.3 is 15.2 Å². The lowest BCUT2D eigenvalue weighted by Gasteiger charge is -2.11. The summed E-state index contributed by atoms with van der Waals surface area (Å²) >= 11 is 12.0. The third-order valence-corrected chi connectivity index (χ3v) is 4.22. The minimum Gasteiger partial charge on any atom is -0.507 e. The van der Waals surface area contributed by atoms with Crippen LogP contribution in [0.5, 0.6) is 17.2 Å². The molecule has 1 amide bonds. The zero-order chi connectivity index (χ0) is 20.3. The topological polar surface area (TPSA) is 102 Å². The molecule has 9 heteroatoms. The standard InChI is InChI=1S/C19H12Cl2N2O5/c20-11-4-7-13(8-5-11)28-17-9-6-12(10-14(17)21)22-19(25)18-15(23(26)27)2-1-3-16(18)24/h1-10,24H,(H,22,25). The predicted molar refractivity (Wildman–Crippen MR) is 106 cm³/mol. The molecule has 3 aromatic rings. The molecular formula is C19H12Cl2N2O5. The molecule has 0 bridgehead atoms. The van der Waals surface area contributed by atoms with Gasteiger partial charge in [0.25, 0.3) is 11.6 Å². The van der Waals surface area contributed by atoms with Gasteiger partial charge >= 0.3 is 0 Å². The van der Waals surface area contributed by atoms with E-state index in [9.17, 15) is 20.0 Å². The summed E-state index contributed by atoms with van der Waals surface area (Å²) in [6.45, 7) is 0. The van der Waals surface area contributed by atoms with Gasteiger partial charge in [-0.3, -0.25) is 14.9 Å². The Morgan fingerprint density at radius 3 is 2.43 bits per heavy atom. The number of phenols is 1. The number of amides is 1. The van der Waals surface area contributed by atoms with Gasteiger partial charge in [-0.15, -0.1) is 0 Å². The smallest absolute Gasteiger partial charge is 0.285 e. The van der Waals surface area contributed by atoms with Gasteiger partial charge in [-0.1, -0.05) is 29.3 Å². The van der Waals surface area contributed by atoms with Gasteiger partial charge in [-0.05, 0) is 48.5 Å². The molecule has 0 saturated heterocycles. The minimum absolute atomic E-state index is 0.208. The van der Waals surface area contributed by atoms with E-state index in [0.29, 0.717) is 16.5 Å². The summed E-state index contributed by atoms with van der Waals surface area (Å²) in [5.74, 6) is -0.476. The molecule has 3 aromatic carbocycles. The molecule has 7 nitrogen and oxygen atoms in total. The van der Waals surface area contributed by atoms with E-state index in [0.717, 1.165) is 6.07 Å². The van der Waals surface area contributed by atoms with Gasteiger partial charge in [-0.25, -0.2) is 0 Å². The van der Waals surface area contributed by atoms with Crippen LogP contribution in [0.15, 0.2) is 60.7 Å².